The number of rotatable bonds is 7. The number of hydrogen-bond donors (Lipinski definition) is 2. The van der Waals surface area contributed by atoms with Gasteiger partial charge in [-0.1, -0.05) is 6.07 Å². The first-order valence-electron chi connectivity index (χ1n) is 6.63. The molecule has 1 aromatic rings. The van der Waals surface area contributed by atoms with Crippen molar-refractivity contribution in [2.24, 2.45) is 0 Å². The maximum Gasteiger partial charge on any atom is 0.250 e. The molecule has 0 radical (unpaired) electrons. The normalized spacial score (nSPS) is 11.4. The molecule has 0 heterocycles. The van der Waals surface area contributed by atoms with Crippen molar-refractivity contribution in [1.29, 1.82) is 0 Å². The van der Waals surface area contributed by atoms with Gasteiger partial charge in [-0.15, -0.1) is 0 Å². The first-order valence-corrected chi connectivity index (χ1v) is 6.63. The van der Waals surface area contributed by atoms with E-state index >= 15 is 0 Å². The van der Waals surface area contributed by atoms with Gasteiger partial charge in [-0.2, -0.15) is 0 Å². The Morgan fingerprint density at radius 3 is 2.75 bits per heavy atom. The van der Waals surface area contributed by atoms with Crippen molar-refractivity contribution in [2.75, 3.05) is 31.4 Å². The van der Waals surface area contributed by atoms with E-state index in [0.29, 0.717) is 12.3 Å². The lowest BCUT2D eigenvalue weighted by atomic mass is 10.1. The minimum absolute atomic E-state index is 0.0219. The van der Waals surface area contributed by atoms with Crippen LogP contribution in [0.5, 0.6) is 0 Å². The number of nitrogens with two attached hydrogens (primary N) is 1. The van der Waals surface area contributed by atoms with Crippen LogP contribution in [0.4, 0.5) is 11.4 Å². The highest BCUT2D eigenvalue weighted by atomic mass is 16.5. The Hall–Kier alpha value is -1.59. The average molecular weight is 280 g/mol. The Kier molecular flexibility index (Phi) is 5.98. The number of amides is 1. The van der Waals surface area contributed by atoms with Crippen molar-refractivity contribution in [2.45, 2.75) is 32.8 Å². The first kappa shape index (κ1) is 16.5. The molecule has 0 aromatic heterocycles. The summed E-state index contributed by atoms with van der Waals surface area (Å²) in [6.45, 7) is 6.32. The number of anilines is 2. The Morgan fingerprint density at radius 2 is 2.10 bits per heavy atom. The number of carbonyl (C=O) groups is 1. The third-order valence-corrected chi connectivity index (χ3v) is 3.28. The first-order chi connectivity index (χ1) is 9.35. The largest absolute Gasteiger partial charge is 0.398 e. The Morgan fingerprint density at radius 1 is 1.40 bits per heavy atom. The molecular weight excluding hydrogens is 256 g/mol. The van der Waals surface area contributed by atoms with Crippen LogP contribution in [-0.4, -0.2) is 31.8 Å². The van der Waals surface area contributed by atoms with Crippen molar-refractivity contribution in [3.63, 3.8) is 0 Å². The SMILES string of the molecule is COC(C)(C)CCOCC(=O)Nc1cccc(N)c1C. The molecule has 3 N–H and O–H groups in total. The van der Waals surface area contributed by atoms with Gasteiger partial charge in [0, 0.05) is 25.1 Å². The summed E-state index contributed by atoms with van der Waals surface area (Å²) in [6.07, 6.45) is 0.730. The number of nitrogen functional groups attached to an aromatic ring is 1. The summed E-state index contributed by atoms with van der Waals surface area (Å²) in [5.41, 5.74) is 7.79. The highest BCUT2D eigenvalue weighted by Gasteiger charge is 2.16. The van der Waals surface area contributed by atoms with E-state index in [9.17, 15) is 4.79 Å². The van der Waals surface area contributed by atoms with Crippen LogP contribution in [0.2, 0.25) is 0 Å². The lowest BCUT2D eigenvalue weighted by molar-refractivity contribution is -0.121. The van der Waals surface area contributed by atoms with Crippen LogP contribution in [-0.2, 0) is 14.3 Å². The minimum atomic E-state index is -0.235. The van der Waals surface area contributed by atoms with Crippen molar-refractivity contribution in [3.05, 3.63) is 23.8 Å². The number of methoxy groups -OCH3 is 1. The molecule has 0 saturated carbocycles. The topological polar surface area (TPSA) is 73.6 Å². The van der Waals surface area contributed by atoms with E-state index in [0.717, 1.165) is 17.7 Å². The van der Waals surface area contributed by atoms with Crippen LogP contribution in [0.25, 0.3) is 0 Å². The molecule has 0 unspecified atom stereocenters. The Labute approximate surface area is 120 Å². The molecule has 0 fully saturated rings. The summed E-state index contributed by atoms with van der Waals surface area (Å²) in [6, 6.07) is 5.42. The highest BCUT2D eigenvalue weighted by molar-refractivity contribution is 5.93. The molecular formula is C15H24N2O3. The lowest BCUT2D eigenvalue weighted by Gasteiger charge is -2.22. The number of benzene rings is 1. The standard InChI is InChI=1S/C15H24N2O3/c1-11-12(16)6-5-7-13(11)17-14(18)10-20-9-8-15(2,3)19-4/h5-7H,8-10,16H2,1-4H3,(H,17,18). The molecule has 0 aliphatic rings. The maximum absolute atomic E-state index is 11.8. The number of nitrogens with one attached hydrogen (secondary N) is 1. The second-order valence-electron chi connectivity index (χ2n) is 5.33. The predicted molar refractivity (Wildman–Crippen MR) is 80.7 cm³/mol. The van der Waals surface area contributed by atoms with Crippen LogP contribution >= 0.6 is 0 Å². The number of carbonyl (C=O) groups excluding carboxylic acids is 1. The molecule has 0 atom stereocenters. The zero-order chi connectivity index (χ0) is 15.2. The number of hydrogen-bond acceptors (Lipinski definition) is 4. The fourth-order valence-electron chi connectivity index (χ4n) is 1.56. The molecule has 5 heteroatoms. The Balaban J connectivity index is 2.36. The Bertz CT molecular complexity index is 458. The highest BCUT2D eigenvalue weighted by Crippen LogP contribution is 2.20. The second kappa shape index (κ2) is 7.26. The van der Waals surface area contributed by atoms with Gasteiger partial charge in [0.15, 0.2) is 0 Å². The number of ether oxygens (including phenoxy) is 2. The van der Waals surface area contributed by atoms with Gasteiger partial charge in [0.25, 0.3) is 0 Å². The van der Waals surface area contributed by atoms with Gasteiger partial charge in [-0.25, -0.2) is 0 Å². The van der Waals surface area contributed by atoms with Crippen molar-refractivity contribution in [1.82, 2.24) is 0 Å². The molecule has 0 aliphatic carbocycles. The predicted octanol–water partition coefficient (Wildman–Crippen LogP) is 2.35. The van der Waals surface area contributed by atoms with E-state index in [2.05, 4.69) is 5.32 Å². The maximum atomic E-state index is 11.8. The summed E-state index contributed by atoms with van der Waals surface area (Å²) in [4.78, 5) is 11.8. The zero-order valence-electron chi connectivity index (χ0n) is 12.7. The molecule has 0 aliphatic heterocycles. The molecule has 1 aromatic carbocycles. The third-order valence-electron chi connectivity index (χ3n) is 3.28. The summed E-state index contributed by atoms with van der Waals surface area (Å²) in [7, 11) is 1.66. The van der Waals surface area contributed by atoms with Crippen LogP contribution in [0.1, 0.15) is 25.8 Å². The molecule has 20 heavy (non-hydrogen) atoms. The summed E-state index contributed by atoms with van der Waals surface area (Å²) >= 11 is 0. The lowest BCUT2D eigenvalue weighted by Crippen LogP contribution is -2.26. The van der Waals surface area contributed by atoms with Gasteiger partial charge in [-0.05, 0) is 44.9 Å². The molecule has 5 nitrogen and oxygen atoms in total. The van der Waals surface area contributed by atoms with Crippen LogP contribution in [0.15, 0.2) is 18.2 Å². The third kappa shape index (κ3) is 5.19. The monoisotopic (exact) mass is 280 g/mol. The van der Waals surface area contributed by atoms with E-state index < -0.39 is 0 Å². The smallest absolute Gasteiger partial charge is 0.250 e. The summed E-state index contributed by atoms with van der Waals surface area (Å²) in [5, 5.41) is 2.79. The van der Waals surface area contributed by atoms with E-state index in [-0.39, 0.29) is 18.1 Å². The van der Waals surface area contributed by atoms with Crippen molar-refractivity contribution in [3.8, 4) is 0 Å². The van der Waals surface area contributed by atoms with Gasteiger partial charge >= 0.3 is 0 Å². The van der Waals surface area contributed by atoms with Gasteiger partial charge in [0.05, 0.1) is 5.60 Å². The fourth-order valence-corrected chi connectivity index (χ4v) is 1.56. The molecule has 1 amide bonds. The van der Waals surface area contributed by atoms with E-state index in [1.165, 1.54) is 0 Å². The zero-order valence-corrected chi connectivity index (χ0v) is 12.7. The van der Waals surface area contributed by atoms with Gasteiger partial charge < -0.3 is 20.5 Å². The molecule has 0 bridgehead atoms. The molecule has 0 spiro atoms. The van der Waals surface area contributed by atoms with Crippen LogP contribution in [0, 0.1) is 6.92 Å². The molecule has 112 valence electrons. The average Bonchev–Trinajstić information content (AvgIpc) is 2.40. The molecule has 0 saturated heterocycles. The second-order valence-corrected chi connectivity index (χ2v) is 5.33. The quantitative estimate of drug-likeness (QED) is 0.594. The van der Waals surface area contributed by atoms with E-state index in [1.54, 1.807) is 19.2 Å². The summed E-state index contributed by atoms with van der Waals surface area (Å²) < 4.78 is 10.6. The van der Waals surface area contributed by atoms with Crippen molar-refractivity contribution < 1.29 is 14.3 Å². The molecule has 1 rings (SSSR count). The van der Waals surface area contributed by atoms with E-state index in [4.69, 9.17) is 15.2 Å². The minimum Gasteiger partial charge on any atom is -0.398 e. The fraction of sp³-hybridized carbons (Fsp3) is 0.533. The van der Waals surface area contributed by atoms with Gasteiger partial charge in [0.2, 0.25) is 5.91 Å². The van der Waals surface area contributed by atoms with Crippen molar-refractivity contribution >= 4 is 17.3 Å². The van der Waals surface area contributed by atoms with Crippen LogP contribution in [0.3, 0.4) is 0 Å². The van der Waals surface area contributed by atoms with Crippen LogP contribution < -0.4 is 11.1 Å². The van der Waals surface area contributed by atoms with Gasteiger partial charge in [-0.3, -0.25) is 4.79 Å². The summed E-state index contributed by atoms with van der Waals surface area (Å²) in [5.74, 6) is -0.186. The van der Waals surface area contributed by atoms with E-state index in [1.807, 2.05) is 26.8 Å². The van der Waals surface area contributed by atoms with Gasteiger partial charge in [0.1, 0.15) is 6.61 Å².